The molecule has 1 aliphatic heterocycles. The van der Waals surface area contributed by atoms with Gasteiger partial charge in [-0.05, 0) is 49.2 Å². The normalized spacial score (nSPS) is 15.8. The highest BCUT2D eigenvalue weighted by molar-refractivity contribution is 7.90. The van der Waals surface area contributed by atoms with Crippen LogP contribution < -0.4 is 0 Å². The van der Waals surface area contributed by atoms with E-state index in [1.165, 1.54) is 6.26 Å². The van der Waals surface area contributed by atoms with Crippen molar-refractivity contribution in [1.29, 1.82) is 0 Å². The number of likely N-dealkylation sites (tertiary alicyclic amines) is 1. The van der Waals surface area contributed by atoms with Crippen LogP contribution in [0.3, 0.4) is 0 Å². The molecule has 1 fully saturated rings. The van der Waals surface area contributed by atoms with E-state index >= 15 is 0 Å². The van der Waals surface area contributed by atoms with Crippen LogP contribution in [-0.2, 0) is 27.5 Å². The van der Waals surface area contributed by atoms with Crippen molar-refractivity contribution in [2.45, 2.75) is 43.5 Å². The van der Waals surface area contributed by atoms with E-state index in [4.69, 9.17) is 0 Å². The summed E-state index contributed by atoms with van der Waals surface area (Å²) in [6.45, 7) is 5.88. The lowest BCUT2D eigenvalue weighted by atomic mass is 10.0. The Morgan fingerprint density at radius 3 is 2.40 bits per heavy atom. The Morgan fingerprint density at radius 1 is 1.13 bits per heavy atom. The standard InChI is InChI=1S/C23H31N3O3S/c1-3-25-15-12-21(13-16-25)26(17-11-20-6-4-5-14-24-20)23(27)18-19-7-9-22(10-8-19)30(2,28)29/h4-10,14,21H,3,11-13,15-18H2,1-2H3. The molecule has 30 heavy (non-hydrogen) atoms. The first-order chi connectivity index (χ1) is 14.4. The largest absolute Gasteiger partial charge is 0.339 e. The number of nitrogens with zero attached hydrogens (tertiary/aromatic N) is 3. The Kier molecular flexibility index (Phi) is 7.61. The summed E-state index contributed by atoms with van der Waals surface area (Å²) < 4.78 is 23.3. The van der Waals surface area contributed by atoms with Gasteiger partial charge in [-0.1, -0.05) is 25.1 Å². The summed E-state index contributed by atoms with van der Waals surface area (Å²) in [5.41, 5.74) is 1.82. The zero-order chi connectivity index (χ0) is 21.6. The Bertz CT molecular complexity index is 922. The van der Waals surface area contributed by atoms with Gasteiger partial charge in [-0.3, -0.25) is 9.78 Å². The number of piperidine rings is 1. The summed E-state index contributed by atoms with van der Waals surface area (Å²) in [7, 11) is -3.24. The lowest BCUT2D eigenvalue weighted by Crippen LogP contribution is -2.48. The van der Waals surface area contributed by atoms with E-state index in [-0.39, 0.29) is 23.3 Å². The minimum absolute atomic E-state index is 0.0907. The van der Waals surface area contributed by atoms with Crippen LogP contribution in [-0.4, -0.2) is 67.6 Å². The molecule has 7 heteroatoms. The molecule has 0 saturated carbocycles. The molecule has 162 valence electrons. The van der Waals surface area contributed by atoms with Crippen LogP contribution in [0, 0.1) is 0 Å². The Morgan fingerprint density at radius 2 is 1.83 bits per heavy atom. The summed E-state index contributed by atoms with van der Waals surface area (Å²) in [6.07, 6.45) is 5.94. The van der Waals surface area contributed by atoms with Gasteiger partial charge in [0.25, 0.3) is 0 Å². The molecule has 0 N–H and O–H groups in total. The van der Waals surface area contributed by atoms with Crippen LogP contribution in [0.1, 0.15) is 31.0 Å². The fourth-order valence-electron chi connectivity index (χ4n) is 3.97. The second kappa shape index (κ2) is 10.2. The van der Waals surface area contributed by atoms with E-state index in [1.54, 1.807) is 30.5 Å². The quantitative estimate of drug-likeness (QED) is 0.645. The fraction of sp³-hybridized carbons (Fsp3) is 0.478. The van der Waals surface area contributed by atoms with Crippen molar-refractivity contribution in [2.24, 2.45) is 0 Å². The van der Waals surface area contributed by atoms with E-state index in [2.05, 4.69) is 16.8 Å². The van der Waals surface area contributed by atoms with Crippen molar-refractivity contribution < 1.29 is 13.2 Å². The van der Waals surface area contributed by atoms with E-state index in [1.807, 2.05) is 23.1 Å². The second-order valence-electron chi connectivity index (χ2n) is 7.92. The third-order valence-corrected chi connectivity index (χ3v) is 6.94. The van der Waals surface area contributed by atoms with E-state index in [0.717, 1.165) is 50.2 Å². The molecule has 3 rings (SSSR count). The molecule has 1 saturated heterocycles. The fourth-order valence-corrected chi connectivity index (χ4v) is 4.60. The number of carbonyl (C=O) groups is 1. The number of hydrogen-bond donors (Lipinski definition) is 0. The van der Waals surface area contributed by atoms with Crippen molar-refractivity contribution >= 4 is 15.7 Å². The van der Waals surface area contributed by atoms with E-state index in [0.29, 0.717) is 6.54 Å². The molecule has 0 bridgehead atoms. The zero-order valence-corrected chi connectivity index (χ0v) is 18.6. The van der Waals surface area contributed by atoms with Gasteiger partial charge in [0.05, 0.1) is 11.3 Å². The predicted octanol–water partition coefficient (Wildman–Crippen LogP) is 2.58. The van der Waals surface area contributed by atoms with Gasteiger partial charge in [0, 0.05) is 50.2 Å². The van der Waals surface area contributed by atoms with Gasteiger partial charge >= 0.3 is 0 Å². The molecule has 2 heterocycles. The first kappa shape index (κ1) is 22.4. The van der Waals surface area contributed by atoms with Crippen molar-refractivity contribution in [1.82, 2.24) is 14.8 Å². The number of pyridine rings is 1. The number of hydrogen-bond acceptors (Lipinski definition) is 5. The third kappa shape index (κ3) is 6.12. The maximum absolute atomic E-state index is 13.2. The van der Waals surface area contributed by atoms with Crippen LogP contribution in [0.2, 0.25) is 0 Å². The molecule has 1 aliphatic rings. The smallest absolute Gasteiger partial charge is 0.227 e. The first-order valence-electron chi connectivity index (χ1n) is 10.6. The molecule has 0 atom stereocenters. The number of benzene rings is 1. The molecule has 0 spiro atoms. The summed E-state index contributed by atoms with van der Waals surface area (Å²) in [5, 5.41) is 0. The predicted molar refractivity (Wildman–Crippen MR) is 118 cm³/mol. The molecule has 1 aromatic heterocycles. The van der Waals surface area contributed by atoms with Gasteiger partial charge in [0.2, 0.25) is 5.91 Å². The highest BCUT2D eigenvalue weighted by Crippen LogP contribution is 2.19. The second-order valence-corrected chi connectivity index (χ2v) is 9.93. The third-order valence-electron chi connectivity index (χ3n) is 5.81. The summed E-state index contributed by atoms with van der Waals surface area (Å²) in [5.74, 6) is 0.0907. The maximum Gasteiger partial charge on any atom is 0.227 e. The van der Waals surface area contributed by atoms with Crippen LogP contribution in [0.5, 0.6) is 0 Å². The molecular weight excluding hydrogens is 398 g/mol. The summed E-state index contributed by atoms with van der Waals surface area (Å²) >= 11 is 0. The van der Waals surface area contributed by atoms with Gasteiger partial charge in [0.1, 0.15) is 0 Å². The summed E-state index contributed by atoms with van der Waals surface area (Å²) in [4.78, 5) is 22.3. The molecule has 0 radical (unpaired) electrons. The molecule has 1 amide bonds. The molecule has 6 nitrogen and oxygen atoms in total. The number of sulfone groups is 1. The zero-order valence-electron chi connectivity index (χ0n) is 17.8. The van der Waals surface area contributed by atoms with Crippen molar-refractivity contribution in [2.75, 3.05) is 32.4 Å². The van der Waals surface area contributed by atoms with Crippen molar-refractivity contribution in [3.8, 4) is 0 Å². The topological polar surface area (TPSA) is 70.6 Å². The molecular formula is C23H31N3O3S. The SMILES string of the molecule is CCN1CCC(N(CCc2ccccn2)C(=O)Cc2ccc(S(C)(=O)=O)cc2)CC1. The monoisotopic (exact) mass is 429 g/mol. The molecule has 2 aromatic rings. The number of aromatic nitrogens is 1. The van der Waals surface area contributed by atoms with Gasteiger partial charge in [-0.2, -0.15) is 0 Å². The molecule has 0 aliphatic carbocycles. The number of amides is 1. The van der Waals surface area contributed by atoms with Gasteiger partial charge in [-0.15, -0.1) is 0 Å². The van der Waals surface area contributed by atoms with Crippen LogP contribution in [0.25, 0.3) is 0 Å². The van der Waals surface area contributed by atoms with E-state index < -0.39 is 9.84 Å². The van der Waals surface area contributed by atoms with Crippen LogP contribution in [0.4, 0.5) is 0 Å². The van der Waals surface area contributed by atoms with Gasteiger partial charge in [0.15, 0.2) is 9.84 Å². The Labute approximate surface area is 179 Å². The average Bonchev–Trinajstić information content (AvgIpc) is 2.75. The Balaban J connectivity index is 1.70. The Hall–Kier alpha value is -2.25. The minimum atomic E-state index is -3.24. The van der Waals surface area contributed by atoms with Crippen LogP contribution in [0.15, 0.2) is 53.6 Å². The maximum atomic E-state index is 13.2. The van der Waals surface area contributed by atoms with E-state index in [9.17, 15) is 13.2 Å². The first-order valence-corrected chi connectivity index (χ1v) is 12.5. The van der Waals surface area contributed by atoms with Crippen LogP contribution >= 0.6 is 0 Å². The lowest BCUT2D eigenvalue weighted by molar-refractivity contribution is -0.133. The van der Waals surface area contributed by atoms with Gasteiger partial charge < -0.3 is 9.80 Å². The highest BCUT2D eigenvalue weighted by atomic mass is 32.2. The molecule has 0 unspecified atom stereocenters. The lowest BCUT2D eigenvalue weighted by Gasteiger charge is -2.38. The number of carbonyl (C=O) groups excluding carboxylic acids is 1. The van der Waals surface area contributed by atoms with Crippen molar-refractivity contribution in [3.63, 3.8) is 0 Å². The summed E-state index contributed by atoms with van der Waals surface area (Å²) in [6, 6.07) is 12.7. The van der Waals surface area contributed by atoms with Crippen molar-refractivity contribution in [3.05, 3.63) is 59.9 Å². The number of rotatable bonds is 8. The molecule has 1 aromatic carbocycles. The average molecular weight is 430 g/mol. The minimum Gasteiger partial charge on any atom is -0.339 e. The van der Waals surface area contributed by atoms with Gasteiger partial charge in [-0.25, -0.2) is 8.42 Å². The highest BCUT2D eigenvalue weighted by Gasteiger charge is 2.27.